The number of methoxy groups -OCH3 is 1. The van der Waals surface area contributed by atoms with E-state index in [0.29, 0.717) is 13.1 Å². The van der Waals surface area contributed by atoms with Crippen LogP contribution in [0.1, 0.15) is 23.2 Å². The average Bonchev–Trinajstić information content (AvgIpc) is 2.96. The summed E-state index contributed by atoms with van der Waals surface area (Å²) >= 11 is 0. The van der Waals surface area contributed by atoms with Crippen molar-refractivity contribution < 1.29 is 23.1 Å². The molecule has 5 nitrogen and oxygen atoms in total. The first-order chi connectivity index (χ1) is 9.54. The standard InChI is InChI=1S/C13H14F2N2O3/c1-20-12(18)10-8(14)4-5-9(11(10)15)16-13(19)17-6-2-3-7-17/h4-5H,2-3,6-7H2,1H3,(H,16,19). The Hall–Kier alpha value is -2.18. The highest BCUT2D eigenvalue weighted by Crippen LogP contribution is 2.22. The third-order valence-corrected chi connectivity index (χ3v) is 3.12. The Bertz CT molecular complexity index is 543. The SMILES string of the molecule is COC(=O)c1c(F)ccc(NC(=O)N2CCCC2)c1F. The van der Waals surface area contributed by atoms with E-state index in [1.54, 1.807) is 0 Å². The molecule has 0 unspecified atom stereocenters. The van der Waals surface area contributed by atoms with Crippen molar-refractivity contribution in [3.05, 3.63) is 29.3 Å². The van der Waals surface area contributed by atoms with Crippen LogP contribution in [0.4, 0.5) is 19.3 Å². The first kappa shape index (κ1) is 14.2. The van der Waals surface area contributed by atoms with Gasteiger partial charge in [0.05, 0.1) is 12.8 Å². The number of ether oxygens (including phenoxy) is 1. The van der Waals surface area contributed by atoms with Crippen LogP contribution in [-0.2, 0) is 4.74 Å². The van der Waals surface area contributed by atoms with Crippen LogP contribution in [0, 0.1) is 11.6 Å². The van der Waals surface area contributed by atoms with E-state index in [2.05, 4.69) is 10.1 Å². The van der Waals surface area contributed by atoms with Crippen LogP contribution in [0.3, 0.4) is 0 Å². The molecule has 0 saturated carbocycles. The number of esters is 1. The van der Waals surface area contributed by atoms with Crippen molar-refractivity contribution in [3.63, 3.8) is 0 Å². The minimum absolute atomic E-state index is 0.247. The highest BCUT2D eigenvalue weighted by atomic mass is 19.1. The summed E-state index contributed by atoms with van der Waals surface area (Å²) in [6.07, 6.45) is 1.79. The number of benzene rings is 1. The summed E-state index contributed by atoms with van der Waals surface area (Å²) in [6.45, 7) is 1.19. The molecule has 1 N–H and O–H groups in total. The van der Waals surface area contributed by atoms with Gasteiger partial charge in [0.25, 0.3) is 0 Å². The molecule has 2 amide bonds. The molecule has 0 radical (unpaired) electrons. The number of carbonyl (C=O) groups excluding carboxylic acids is 2. The van der Waals surface area contributed by atoms with Crippen LogP contribution >= 0.6 is 0 Å². The van der Waals surface area contributed by atoms with E-state index in [-0.39, 0.29) is 5.69 Å². The molecular weight excluding hydrogens is 270 g/mol. The number of rotatable bonds is 2. The lowest BCUT2D eigenvalue weighted by Crippen LogP contribution is -2.32. The fourth-order valence-corrected chi connectivity index (χ4v) is 2.05. The molecule has 1 aliphatic heterocycles. The zero-order valence-corrected chi connectivity index (χ0v) is 10.9. The van der Waals surface area contributed by atoms with E-state index >= 15 is 0 Å². The number of amides is 2. The molecule has 0 spiro atoms. The molecule has 0 aromatic heterocycles. The fraction of sp³-hybridized carbons (Fsp3) is 0.385. The molecule has 1 aromatic carbocycles. The van der Waals surface area contributed by atoms with Crippen LogP contribution in [0.25, 0.3) is 0 Å². The number of carbonyl (C=O) groups is 2. The maximum atomic E-state index is 14.0. The van der Waals surface area contributed by atoms with Crippen LogP contribution in [0.2, 0.25) is 0 Å². The second-order valence-corrected chi connectivity index (χ2v) is 4.40. The van der Waals surface area contributed by atoms with E-state index in [0.717, 1.165) is 32.1 Å². The average molecular weight is 284 g/mol. The van der Waals surface area contributed by atoms with Gasteiger partial charge in [-0.15, -0.1) is 0 Å². The topological polar surface area (TPSA) is 58.6 Å². The molecule has 1 aromatic rings. The summed E-state index contributed by atoms with van der Waals surface area (Å²) in [7, 11) is 1.02. The quantitative estimate of drug-likeness (QED) is 0.848. The van der Waals surface area contributed by atoms with Crippen LogP contribution in [-0.4, -0.2) is 37.1 Å². The molecule has 7 heteroatoms. The number of hydrogen-bond donors (Lipinski definition) is 1. The molecule has 1 fully saturated rings. The minimum Gasteiger partial charge on any atom is -0.465 e. The van der Waals surface area contributed by atoms with E-state index in [9.17, 15) is 18.4 Å². The summed E-state index contributed by atoms with van der Waals surface area (Å²) in [4.78, 5) is 24.7. The molecular formula is C13H14F2N2O3. The zero-order chi connectivity index (χ0) is 14.7. The van der Waals surface area contributed by atoms with Crippen molar-refractivity contribution in [2.45, 2.75) is 12.8 Å². The largest absolute Gasteiger partial charge is 0.465 e. The van der Waals surface area contributed by atoms with Crippen molar-refractivity contribution >= 4 is 17.7 Å². The molecule has 20 heavy (non-hydrogen) atoms. The number of nitrogens with one attached hydrogen (secondary N) is 1. The smallest absolute Gasteiger partial charge is 0.343 e. The zero-order valence-electron chi connectivity index (χ0n) is 10.9. The predicted octanol–water partition coefficient (Wildman–Crippen LogP) is 2.38. The molecule has 1 heterocycles. The van der Waals surface area contributed by atoms with Crippen LogP contribution < -0.4 is 5.32 Å². The van der Waals surface area contributed by atoms with Gasteiger partial charge in [-0.05, 0) is 25.0 Å². The Morgan fingerprint density at radius 3 is 2.50 bits per heavy atom. The van der Waals surface area contributed by atoms with E-state index < -0.39 is 29.2 Å². The summed E-state index contributed by atoms with van der Waals surface area (Å²) < 4.78 is 31.8. The summed E-state index contributed by atoms with van der Waals surface area (Å²) in [5.41, 5.74) is -1.06. The van der Waals surface area contributed by atoms with Gasteiger partial charge in [-0.25, -0.2) is 18.4 Å². The summed E-state index contributed by atoms with van der Waals surface area (Å²) in [5, 5.41) is 2.34. The molecule has 108 valence electrons. The normalized spacial score (nSPS) is 14.2. The Labute approximate surface area is 114 Å². The van der Waals surface area contributed by atoms with Gasteiger partial charge in [-0.2, -0.15) is 0 Å². The Morgan fingerprint density at radius 1 is 1.25 bits per heavy atom. The van der Waals surface area contributed by atoms with Crippen molar-refractivity contribution in [2.75, 3.05) is 25.5 Å². The van der Waals surface area contributed by atoms with E-state index in [1.807, 2.05) is 0 Å². The van der Waals surface area contributed by atoms with Gasteiger partial charge in [0.2, 0.25) is 0 Å². The van der Waals surface area contributed by atoms with Gasteiger partial charge in [-0.1, -0.05) is 0 Å². The van der Waals surface area contributed by atoms with Gasteiger partial charge in [0.1, 0.15) is 11.4 Å². The summed E-state index contributed by atoms with van der Waals surface area (Å²) in [5.74, 6) is -3.30. The van der Waals surface area contributed by atoms with Gasteiger partial charge < -0.3 is 15.0 Å². The van der Waals surface area contributed by atoms with Crippen molar-refractivity contribution in [1.29, 1.82) is 0 Å². The predicted molar refractivity (Wildman–Crippen MR) is 67.5 cm³/mol. The number of halogens is 2. The molecule has 1 aliphatic rings. The lowest BCUT2D eigenvalue weighted by atomic mass is 10.1. The highest BCUT2D eigenvalue weighted by molar-refractivity contribution is 5.94. The fourth-order valence-electron chi connectivity index (χ4n) is 2.05. The van der Waals surface area contributed by atoms with E-state index in [1.165, 1.54) is 4.90 Å². The third kappa shape index (κ3) is 2.71. The van der Waals surface area contributed by atoms with Crippen molar-refractivity contribution in [3.8, 4) is 0 Å². The maximum absolute atomic E-state index is 14.0. The molecule has 1 saturated heterocycles. The van der Waals surface area contributed by atoms with Crippen molar-refractivity contribution in [2.24, 2.45) is 0 Å². The minimum atomic E-state index is -1.13. The van der Waals surface area contributed by atoms with Gasteiger partial charge in [0.15, 0.2) is 5.82 Å². The molecule has 2 rings (SSSR count). The number of hydrogen-bond acceptors (Lipinski definition) is 3. The third-order valence-electron chi connectivity index (χ3n) is 3.12. The number of anilines is 1. The number of likely N-dealkylation sites (tertiary alicyclic amines) is 1. The Balaban J connectivity index is 2.24. The molecule has 0 bridgehead atoms. The first-order valence-corrected chi connectivity index (χ1v) is 6.17. The lowest BCUT2D eigenvalue weighted by Gasteiger charge is -2.17. The molecule has 0 aliphatic carbocycles. The summed E-state index contributed by atoms with van der Waals surface area (Å²) in [6, 6.07) is 1.52. The number of nitrogens with zero attached hydrogens (tertiary/aromatic N) is 1. The monoisotopic (exact) mass is 284 g/mol. The first-order valence-electron chi connectivity index (χ1n) is 6.17. The Morgan fingerprint density at radius 2 is 1.90 bits per heavy atom. The lowest BCUT2D eigenvalue weighted by molar-refractivity contribution is 0.0590. The second kappa shape index (κ2) is 5.85. The Kier molecular flexibility index (Phi) is 4.16. The molecule has 0 atom stereocenters. The highest BCUT2D eigenvalue weighted by Gasteiger charge is 2.24. The number of urea groups is 1. The van der Waals surface area contributed by atoms with Crippen LogP contribution in [0.15, 0.2) is 12.1 Å². The van der Waals surface area contributed by atoms with Gasteiger partial charge >= 0.3 is 12.0 Å². The van der Waals surface area contributed by atoms with Gasteiger partial charge in [0, 0.05) is 13.1 Å². The van der Waals surface area contributed by atoms with Crippen LogP contribution in [0.5, 0.6) is 0 Å². The second-order valence-electron chi connectivity index (χ2n) is 4.40. The maximum Gasteiger partial charge on any atom is 0.343 e. The van der Waals surface area contributed by atoms with E-state index in [4.69, 9.17) is 0 Å². The van der Waals surface area contributed by atoms with Crippen molar-refractivity contribution in [1.82, 2.24) is 4.90 Å². The van der Waals surface area contributed by atoms with Gasteiger partial charge in [-0.3, -0.25) is 0 Å².